The summed E-state index contributed by atoms with van der Waals surface area (Å²) >= 11 is 0. The number of nitrogens with two attached hydrogens (primary N) is 2. The molecule has 2 aliphatic carbocycles. The topological polar surface area (TPSA) is 137 Å². The molecule has 0 aromatic rings. The van der Waals surface area contributed by atoms with E-state index in [0.717, 1.165) is 43.5 Å². The number of hydrazone groups is 1. The smallest absolute Gasteiger partial charge is 0.209 e. The Morgan fingerprint density at radius 2 is 1.65 bits per heavy atom. The minimum atomic E-state index is 0.172. The number of nitrogens with zero attached hydrogens (tertiary/aromatic N) is 4. The number of guanidine groups is 1. The second kappa shape index (κ2) is 12.2. The third-order valence-corrected chi connectivity index (χ3v) is 4.52. The van der Waals surface area contributed by atoms with Gasteiger partial charge in [0.2, 0.25) is 5.96 Å². The van der Waals surface area contributed by atoms with Crippen molar-refractivity contribution in [3.8, 4) is 0 Å². The molecule has 6 N–H and O–H groups in total. The van der Waals surface area contributed by atoms with Crippen molar-refractivity contribution in [1.82, 2.24) is 5.43 Å². The van der Waals surface area contributed by atoms with Crippen LogP contribution in [0.15, 0.2) is 20.3 Å². The van der Waals surface area contributed by atoms with Gasteiger partial charge in [0.15, 0.2) is 5.84 Å². The molecule has 26 heavy (non-hydrogen) atoms. The molecule has 0 radical (unpaired) electrons. The quantitative estimate of drug-likeness (QED) is 0.349. The van der Waals surface area contributed by atoms with Gasteiger partial charge in [0, 0.05) is 18.5 Å². The Balaban J connectivity index is 0.000000260. The maximum Gasteiger partial charge on any atom is 0.209 e. The predicted octanol–water partition coefficient (Wildman–Crippen LogP) is 2.65. The van der Waals surface area contributed by atoms with E-state index in [4.69, 9.17) is 16.9 Å². The highest BCUT2D eigenvalue weighted by molar-refractivity contribution is 6.27. The standard InChI is InChI=1S/C9H18N4.C9H16N4/c1-7-4-3-5-8(6-7)12-13-9(10)11-2;1-7-3-2-4-8(5-7)12-13-9(11)6-10/h7H,3-6H2,1-2H3,(H3,10,11,13);6-7,10H,2-5H2,1H3,(H2,11,13)/b12-8+;10-6?,12-8+. The summed E-state index contributed by atoms with van der Waals surface area (Å²) < 4.78 is 0. The van der Waals surface area contributed by atoms with Gasteiger partial charge in [-0.15, -0.1) is 5.10 Å². The van der Waals surface area contributed by atoms with Crippen LogP contribution in [-0.2, 0) is 0 Å². The largest absolute Gasteiger partial charge is 0.381 e. The zero-order valence-corrected chi connectivity index (χ0v) is 16.3. The molecule has 0 aromatic carbocycles. The van der Waals surface area contributed by atoms with Gasteiger partial charge in [0.05, 0.1) is 6.21 Å². The zero-order valence-electron chi connectivity index (χ0n) is 16.3. The Morgan fingerprint density at radius 1 is 1.08 bits per heavy atom. The van der Waals surface area contributed by atoms with Gasteiger partial charge >= 0.3 is 0 Å². The summed E-state index contributed by atoms with van der Waals surface area (Å²) in [5, 5.41) is 18.8. The van der Waals surface area contributed by atoms with Crippen LogP contribution in [0.3, 0.4) is 0 Å². The number of amidine groups is 1. The molecule has 0 saturated heterocycles. The lowest BCUT2D eigenvalue weighted by Crippen LogP contribution is -2.29. The number of rotatable bonds is 3. The molecule has 0 heterocycles. The van der Waals surface area contributed by atoms with E-state index in [-0.39, 0.29) is 5.84 Å². The SMILES string of the molecule is CC1CCC/C(=N\N=C(/N)C=N)C1.CN=C(N)N/N=C1\CCCC(C)C1. The highest BCUT2D eigenvalue weighted by Gasteiger charge is 2.14. The van der Waals surface area contributed by atoms with Crippen LogP contribution in [0.4, 0.5) is 0 Å². The maximum absolute atomic E-state index is 6.82. The highest BCUT2D eigenvalue weighted by Crippen LogP contribution is 2.21. The molecule has 8 nitrogen and oxygen atoms in total. The minimum Gasteiger partial charge on any atom is -0.381 e. The van der Waals surface area contributed by atoms with Crippen LogP contribution in [0.1, 0.15) is 65.2 Å². The van der Waals surface area contributed by atoms with E-state index in [9.17, 15) is 0 Å². The molecule has 2 fully saturated rings. The first-order valence-electron chi connectivity index (χ1n) is 9.37. The Bertz CT molecular complexity index is 562. The Morgan fingerprint density at radius 3 is 2.19 bits per heavy atom. The summed E-state index contributed by atoms with van der Waals surface area (Å²) in [6.45, 7) is 4.48. The molecule has 0 amide bonds. The van der Waals surface area contributed by atoms with Crippen molar-refractivity contribution >= 4 is 29.4 Å². The van der Waals surface area contributed by atoms with Crippen LogP contribution in [0.2, 0.25) is 0 Å². The van der Waals surface area contributed by atoms with E-state index in [1.165, 1.54) is 31.4 Å². The molecule has 2 aliphatic rings. The van der Waals surface area contributed by atoms with Crippen LogP contribution in [-0.4, -0.2) is 36.5 Å². The van der Waals surface area contributed by atoms with Crippen molar-refractivity contribution in [2.24, 2.45) is 43.6 Å². The number of nitrogens with one attached hydrogen (secondary N) is 2. The van der Waals surface area contributed by atoms with Gasteiger partial charge in [0.1, 0.15) is 0 Å². The normalized spacial score (nSPS) is 27.7. The second-order valence-corrected chi connectivity index (χ2v) is 7.14. The first-order valence-corrected chi connectivity index (χ1v) is 9.37. The molecular formula is C18H34N8. The fourth-order valence-electron chi connectivity index (χ4n) is 3.06. The third kappa shape index (κ3) is 9.29. The first kappa shape index (κ1) is 21.8. The fraction of sp³-hybridized carbons (Fsp3) is 0.722. The molecule has 0 aromatic heterocycles. The van der Waals surface area contributed by atoms with Crippen LogP contribution in [0, 0.1) is 17.2 Å². The van der Waals surface area contributed by atoms with Crippen LogP contribution < -0.4 is 16.9 Å². The van der Waals surface area contributed by atoms with Gasteiger partial charge in [-0.25, -0.2) is 5.43 Å². The van der Waals surface area contributed by atoms with Crippen molar-refractivity contribution in [3.63, 3.8) is 0 Å². The van der Waals surface area contributed by atoms with Gasteiger partial charge in [-0.05, 0) is 63.2 Å². The number of hydrogen-bond acceptors (Lipinski definition) is 5. The van der Waals surface area contributed by atoms with E-state index in [2.05, 4.69) is 39.6 Å². The summed E-state index contributed by atoms with van der Waals surface area (Å²) in [5.74, 6) is 2.02. The van der Waals surface area contributed by atoms with E-state index in [0.29, 0.717) is 11.9 Å². The number of aliphatic imine (C=N–C) groups is 1. The Kier molecular flexibility index (Phi) is 10.2. The van der Waals surface area contributed by atoms with Crippen LogP contribution in [0.25, 0.3) is 0 Å². The molecule has 2 saturated carbocycles. The summed E-state index contributed by atoms with van der Waals surface area (Å²) in [6, 6.07) is 0. The van der Waals surface area contributed by atoms with E-state index < -0.39 is 0 Å². The van der Waals surface area contributed by atoms with Gasteiger partial charge < -0.3 is 16.9 Å². The summed E-state index contributed by atoms with van der Waals surface area (Å²) in [6.07, 6.45) is 10.3. The first-order chi connectivity index (χ1) is 12.4. The summed E-state index contributed by atoms with van der Waals surface area (Å²) in [5.41, 5.74) is 15.8. The molecule has 0 aliphatic heterocycles. The van der Waals surface area contributed by atoms with E-state index in [1.807, 2.05) is 0 Å². The Hall–Kier alpha value is -2.25. The molecule has 2 rings (SSSR count). The van der Waals surface area contributed by atoms with Gasteiger partial charge in [-0.1, -0.05) is 13.8 Å². The minimum absolute atomic E-state index is 0.172. The molecule has 2 unspecified atom stereocenters. The van der Waals surface area contributed by atoms with Gasteiger partial charge in [0.25, 0.3) is 0 Å². The fourth-order valence-corrected chi connectivity index (χ4v) is 3.06. The lowest BCUT2D eigenvalue weighted by atomic mass is 9.89. The van der Waals surface area contributed by atoms with E-state index in [1.54, 1.807) is 7.05 Å². The average Bonchev–Trinajstić information content (AvgIpc) is 2.64. The summed E-state index contributed by atoms with van der Waals surface area (Å²) in [4.78, 5) is 3.77. The van der Waals surface area contributed by atoms with Crippen molar-refractivity contribution in [3.05, 3.63) is 0 Å². The molecule has 8 heteroatoms. The van der Waals surface area contributed by atoms with Crippen LogP contribution >= 0.6 is 0 Å². The van der Waals surface area contributed by atoms with E-state index >= 15 is 0 Å². The molecule has 2 atom stereocenters. The molecule has 0 spiro atoms. The van der Waals surface area contributed by atoms with Crippen molar-refractivity contribution in [2.75, 3.05) is 7.05 Å². The lowest BCUT2D eigenvalue weighted by molar-refractivity contribution is 0.498. The Labute approximate surface area is 156 Å². The highest BCUT2D eigenvalue weighted by atomic mass is 15.4. The molecule has 0 bridgehead atoms. The summed E-state index contributed by atoms with van der Waals surface area (Å²) in [7, 11) is 1.64. The van der Waals surface area contributed by atoms with Gasteiger partial charge in [-0.3, -0.25) is 4.99 Å². The average molecular weight is 363 g/mol. The van der Waals surface area contributed by atoms with Crippen molar-refractivity contribution < 1.29 is 0 Å². The maximum atomic E-state index is 6.82. The lowest BCUT2D eigenvalue weighted by Gasteiger charge is -2.18. The predicted molar refractivity (Wildman–Crippen MR) is 111 cm³/mol. The van der Waals surface area contributed by atoms with Gasteiger partial charge in [-0.2, -0.15) is 10.2 Å². The second-order valence-electron chi connectivity index (χ2n) is 7.14. The number of hydrogen-bond donors (Lipinski definition) is 4. The monoisotopic (exact) mass is 362 g/mol. The third-order valence-electron chi connectivity index (χ3n) is 4.52. The molecular weight excluding hydrogens is 328 g/mol. The van der Waals surface area contributed by atoms with Crippen molar-refractivity contribution in [1.29, 1.82) is 5.41 Å². The zero-order chi connectivity index (χ0) is 19.4. The molecule has 146 valence electrons. The van der Waals surface area contributed by atoms with Crippen LogP contribution in [0.5, 0.6) is 0 Å². The van der Waals surface area contributed by atoms with Crippen molar-refractivity contribution in [2.45, 2.75) is 65.2 Å².